The molecule has 0 aliphatic carbocycles. The summed E-state index contributed by atoms with van der Waals surface area (Å²) in [5.74, 6) is 2.29. The van der Waals surface area contributed by atoms with Gasteiger partial charge in [0.15, 0.2) is 0 Å². The molecule has 6 fully saturated rings. The summed E-state index contributed by atoms with van der Waals surface area (Å²) in [5, 5.41) is 62.2. The minimum Gasteiger partial charge on any atom is -0.872 e. The molecular formula is C62H62N4O6. The van der Waals surface area contributed by atoms with Crippen molar-refractivity contribution >= 4 is 43.4 Å². The first kappa shape index (κ1) is 46.3. The van der Waals surface area contributed by atoms with Crippen molar-refractivity contribution in [2.75, 3.05) is 40.4 Å². The van der Waals surface area contributed by atoms with E-state index in [0.29, 0.717) is 67.6 Å². The van der Waals surface area contributed by atoms with Crippen LogP contribution in [0.15, 0.2) is 147 Å². The average molecular weight is 959 g/mol. The van der Waals surface area contributed by atoms with Crippen LogP contribution >= 0.6 is 0 Å². The Hall–Kier alpha value is -6.82. The van der Waals surface area contributed by atoms with Crippen LogP contribution in [-0.4, -0.2) is 81.6 Å². The Balaban J connectivity index is 0.987. The molecule has 2 aromatic heterocycles. The van der Waals surface area contributed by atoms with Crippen LogP contribution in [0.4, 0.5) is 0 Å². The summed E-state index contributed by atoms with van der Waals surface area (Å²) < 4.78 is 12.3. The molecule has 366 valence electrons. The van der Waals surface area contributed by atoms with Gasteiger partial charge in [-0.25, -0.2) is 0 Å². The molecule has 2 N–H and O–H groups in total. The zero-order valence-electron chi connectivity index (χ0n) is 41.1. The second-order valence-corrected chi connectivity index (χ2v) is 21.4. The molecule has 8 heterocycles. The Morgan fingerprint density at radius 1 is 0.597 bits per heavy atom. The average Bonchev–Trinajstić information content (AvgIpc) is 3.42. The second kappa shape index (κ2) is 18.0. The number of hydrogen-bond acceptors (Lipinski definition) is 8. The fraction of sp³-hybridized carbons (Fsp3) is 0.323. The number of pyridine rings is 2. The second-order valence-electron chi connectivity index (χ2n) is 21.4. The summed E-state index contributed by atoms with van der Waals surface area (Å²) in [6, 6.07) is 35.0. The van der Waals surface area contributed by atoms with Crippen LogP contribution in [0, 0.1) is 23.7 Å². The van der Waals surface area contributed by atoms with Gasteiger partial charge < -0.3 is 38.9 Å². The quantitative estimate of drug-likeness (QED) is 0.0863. The van der Waals surface area contributed by atoms with Gasteiger partial charge in [-0.2, -0.15) is 0 Å². The number of rotatable bonds is 13. The molecule has 0 radical (unpaired) electrons. The first-order valence-electron chi connectivity index (χ1n) is 25.7. The normalized spacial score (nSPS) is 26.5. The number of methoxy groups -OCH3 is 2. The highest BCUT2D eigenvalue weighted by Crippen LogP contribution is 2.53. The van der Waals surface area contributed by atoms with E-state index in [2.05, 4.69) is 35.3 Å². The van der Waals surface area contributed by atoms with Gasteiger partial charge >= 0.3 is 0 Å². The highest BCUT2D eigenvalue weighted by atomic mass is 16.5. The lowest BCUT2D eigenvalue weighted by atomic mass is 9.71. The molecule has 4 bridgehead atoms. The van der Waals surface area contributed by atoms with Gasteiger partial charge in [0.1, 0.15) is 48.9 Å². The van der Waals surface area contributed by atoms with Crippen molar-refractivity contribution in [2.45, 2.75) is 63.1 Å². The van der Waals surface area contributed by atoms with Crippen molar-refractivity contribution in [2.24, 2.45) is 23.7 Å². The lowest BCUT2D eigenvalue weighted by Gasteiger charge is -2.58. The van der Waals surface area contributed by atoms with Gasteiger partial charge in [0.05, 0.1) is 51.4 Å². The van der Waals surface area contributed by atoms with Crippen molar-refractivity contribution in [3.8, 4) is 34.1 Å². The van der Waals surface area contributed by atoms with Gasteiger partial charge in [-0.1, -0.05) is 72.2 Å². The van der Waals surface area contributed by atoms with Gasteiger partial charge in [0, 0.05) is 60.7 Å². The van der Waals surface area contributed by atoms with E-state index in [-0.39, 0.29) is 35.4 Å². The van der Waals surface area contributed by atoms with E-state index in [9.17, 15) is 10.2 Å². The number of aromatic nitrogens is 2. The number of nitrogens with zero attached hydrogens (tertiary/aromatic N) is 4. The molecular weight excluding hydrogens is 897 g/mol. The SMILES string of the molecule is C=C[C@H]1C[N+]2(Cc3cc4ccccc4c(-c4c([O-])c(C[N+]56CC[C@@H](C[C@@H]5[C@@H](O)c5ccnc7ccc(OC)cc57)[C@@H](C=C)C6)cc5ccccc45)c3[O-])CC[C@H]1C[C@@H]2[C@@H](O)c1ccnc2ccc(OC)cc12. The van der Waals surface area contributed by atoms with Gasteiger partial charge in [0.2, 0.25) is 0 Å². The number of ether oxygens (including phenoxy) is 2. The number of aliphatic hydroxyl groups is 2. The number of quaternary nitrogens is 2. The van der Waals surface area contributed by atoms with E-state index in [1.54, 1.807) is 26.6 Å². The van der Waals surface area contributed by atoms with E-state index in [1.807, 2.05) is 109 Å². The standard InChI is InChI=1S/C62H62N4O6/c1-5-37-33-65(25-21-39(37)29-55(65)61(69)49-19-23-63-53-17-15-45(71-3)31-51(49)53)35-43-27-41-11-7-9-13-47(41)57(59(43)67)58-48-14-10-8-12-42(48)28-44(60(58)68)36-66-26-22-40(38(6-2)34-66)30-56(66)62(70)50-20-24-64-54-18-16-46(72-4)32-52(50)54/h5-20,23-24,27-28,31-32,37-40,55-56,61-62,69-70H,1-2,21-22,25-26,29-30,33-36H2,3-4H3/t37-,38-,39-,40-,55+,56+,61-,62-,65?,66?/m0/s1. The maximum Gasteiger partial charge on any atom is 0.131 e. The maximum absolute atomic E-state index is 15.9. The fourth-order valence-corrected chi connectivity index (χ4v) is 14.4. The van der Waals surface area contributed by atoms with Gasteiger partial charge in [-0.05, 0) is 127 Å². The summed E-state index contributed by atoms with van der Waals surface area (Å²) in [6.07, 6.45) is 9.50. The number of hydrogen-bond donors (Lipinski definition) is 2. The lowest BCUT2D eigenvalue weighted by Crippen LogP contribution is -2.67. The maximum atomic E-state index is 15.9. The van der Waals surface area contributed by atoms with Crippen molar-refractivity contribution in [3.05, 3.63) is 169 Å². The highest BCUT2D eigenvalue weighted by Gasteiger charge is 2.55. The Labute approximate surface area is 420 Å². The van der Waals surface area contributed by atoms with E-state index in [0.717, 1.165) is 106 Å². The van der Waals surface area contributed by atoms with E-state index >= 15 is 10.2 Å². The molecule has 0 amide bonds. The van der Waals surface area contributed by atoms with E-state index < -0.39 is 12.2 Å². The molecule has 6 saturated heterocycles. The predicted octanol–water partition coefficient (Wildman–Crippen LogP) is 10.2. The Kier molecular flexibility index (Phi) is 11.6. The number of piperidine rings is 6. The number of benzene rings is 6. The summed E-state index contributed by atoms with van der Waals surface area (Å²) >= 11 is 0. The zero-order chi connectivity index (χ0) is 49.5. The molecule has 0 spiro atoms. The van der Waals surface area contributed by atoms with Crippen LogP contribution < -0.4 is 19.7 Å². The fourth-order valence-electron chi connectivity index (χ4n) is 14.4. The van der Waals surface area contributed by atoms with Crippen LogP contribution in [0.25, 0.3) is 54.5 Å². The number of aliphatic hydroxyl groups excluding tert-OH is 2. The topological polar surface area (TPSA) is 131 Å². The molecule has 10 heteroatoms. The summed E-state index contributed by atoms with van der Waals surface area (Å²) in [4.78, 5) is 9.27. The third-order valence-corrected chi connectivity index (χ3v) is 18.1. The molecule has 6 aliphatic heterocycles. The van der Waals surface area contributed by atoms with E-state index in [4.69, 9.17) is 9.47 Å². The van der Waals surface area contributed by atoms with Crippen molar-refractivity contribution in [3.63, 3.8) is 0 Å². The molecule has 6 aliphatic rings. The number of fused-ring (bicyclic) bond motifs is 10. The lowest BCUT2D eigenvalue weighted by molar-refractivity contribution is -0.985. The molecule has 14 rings (SSSR count). The Morgan fingerprint density at radius 3 is 1.44 bits per heavy atom. The predicted molar refractivity (Wildman–Crippen MR) is 280 cm³/mol. The van der Waals surface area contributed by atoms with Gasteiger partial charge in [-0.15, -0.1) is 13.2 Å². The molecule has 0 saturated carbocycles. The van der Waals surface area contributed by atoms with Crippen LogP contribution in [-0.2, 0) is 13.1 Å². The largest absolute Gasteiger partial charge is 0.872 e. The van der Waals surface area contributed by atoms with E-state index in [1.165, 1.54) is 0 Å². The highest BCUT2D eigenvalue weighted by molar-refractivity contribution is 6.10. The van der Waals surface area contributed by atoms with Crippen LogP contribution in [0.3, 0.4) is 0 Å². The van der Waals surface area contributed by atoms with Crippen molar-refractivity contribution in [1.29, 1.82) is 0 Å². The van der Waals surface area contributed by atoms with Crippen LogP contribution in [0.5, 0.6) is 23.0 Å². The first-order chi connectivity index (χ1) is 35.1. The molecule has 2 unspecified atom stereocenters. The third kappa shape index (κ3) is 7.44. The zero-order valence-corrected chi connectivity index (χ0v) is 41.1. The minimum absolute atomic E-state index is 0.151. The summed E-state index contributed by atoms with van der Waals surface area (Å²) in [6.45, 7) is 12.5. The molecule has 8 aromatic rings. The molecule has 10 atom stereocenters. The van der Waals surface area contributed by atoms with Crippen molar-refractivity contribution < 1.29 is 38.9 Å². The minimum atomic E-state index is -0.837. The summed E-state index contributed by atoms with van der Waals surface area (Å²) in [5.41, 5.74) is 5.30. The smallest absolute Gasteiger partial charge is 0.131 e. The Bertz CT molecular complexity index is 3220. The molecule has 6 aromatic carbocycles. The van der Waals surface area contributed by atoms with Crippen LogP contribution in [0.2, 0.25) is 0 Å². The van der Waals surface area contributed by atoms with Gasteiger partial charge in [0.25, 0.3) is 0 Å². The summed E-state index contributed by atoms with van der Waals surface area (Å²) in [7, 11) is 3.29. The first-order valence-corrected chi connectivity index (χ1v) is 25.7. The monoisotopic (exact) mass is 958 g/mol. The molecule has 10 nitrogen and oxygen atoms in total. The Morgan fingerprint density at radius 2 is 1.03 bits per heavy atom. The van der Waals surface area contributed by atoms with Crippen LogP contribution in [0.1, 0.15) is 60.1 Å². The molecule has 72 heavy (non-hydrogen) atoms. The van der Waals surface area contributed by atoms with Gasteiger partial charge in [-0.3, -0.25) is 9.97 Å². The van der Waals surface area contributed by atoms with Crippen molar-refractivity contribution in [1.82, 2.24) is 9.97 Å². The third-order valence-electron chi connectivity index (χ3n) is 18.1.